The van der Waals surface area contributed by atoms with E-state index in [-0.39, 0.29) is 0 Å². The molecule has 1 fully saturated rings. The van der Waals surface area contributed by atoms with E-state index in [1.165, 1.54) is 48.0 Å². The fraction of sp³-hybridized carbons (Fsp3) is 0.429. The van der Waals surface area contributed by atoms with Crippen LogP contribution in [0, 0.1) is 5.41 Å². The predicted octanol–water partition coefficient (Wildman–Crippen LogP) is 6.00. The standard InChI is InChI=1S/C21H27N3S/c1-14(2)21(15(3)22)16-12-19-18(10-7-11-23-19)20(13-16)25-24-17-8-5-4-6-9-17/h7,10-13,17,22,24H,4-6,8-9H2,1-3H3. The zero-order chi connectivity index (χ0) is 17.8. The number of hydrogen-bond acceptors (Lipinski definition) is 4. The molecule has 0 aliphatic heterocycles. The molecule has 1 aliphatic carbocycles. The average Bonchev–Trinajstić information content (AvgIpc) is 2.60. The summed E-state index contributed by atoms with van der Waals surface area (Å²) in [6, 6.07) is 9.06. The van der Waals surface area contributed by atoms with Crippen LogP contribution >= 0.6 is 11.9 Å². The van der Waals surface area contributed by atoms with E-state index in [4.69, 9.17) is 5.41 Å². The molecule has 1 saturated carbocycles. The third kappa shape index (κ3) is 4.31. The molecule has 0 spiro atoms. The lowest BCUT2D eigenvalue weighted by molar-refractivity contribution is 0.423. The maximum absolute atomic E-state index is 8.16. The Balaban J connectivity index is 1.97. The minimum atomic E-state index is 0.599. The average molecular weight is 354 g/mol. The van der Waals surface area contributed by atoms with Gasteiger partial charge >= 0.3 is 0 Å². The van der Waals surface area contributed by atoms with Gasteiger partial charge < -0.3 is 5.41 Å². The minimum absolute atomic E-state index is 0.599. The molecule has 0 unspecified atom stereocenters. The van der Waals surface area contributed by atoms with Crippen molar-refractivity contribution in [1.82, 2.24) is 9.71 Å². The molecule has 132 valence electrons. The van der Waals surface area contributed by atoms with Gasteiger partial charge in [0.25, 0.3) is 0 Å². The molecule has 1 aromatic carbocycles. The maximum Gasteiger partial charge on any atom is 0.0719 e. The van der Waals surface area contributed by atoms with Crippen molar-refractivity contribution in [2.75, 3.05) is 0 Å². The van der Waals surface area contributed by atoms with Crippen LogP contribution in [0.3, 0.4) is 0 Å². The molecule has 3 nitrogen and oxygen atoms in total. The number of aromatic nitrogens is 1. The molecule has 0 atom stereocenters. The van der Waals surface area contributed by atoms with Gasteiger partial charge in [0.15, 0.2) is 0 Å². The number of rotatable bonds is 5. The fourth-order valence-corrected chi connectivity index (χ4v) is 4.62. The first-order valence-electron chi connectivity index (χ1n) is 9.11. The van der Waals surface area contributed by atoms with Gasteiger partial charge in [0.05, 0.1) is 5.52 Å². The summed E-state index contributed by atoms with van der Waals surface area (Å²) in [7, 11) is 0. The molecular formula is C21H27N3S. The third-order valence-corrected chi connectivity index (χ3v) is 5.80. The van der Waals surface area contributed by atoms with Gasteiger partial charge in [0.1, 0.15) is 0 Å². The smallest absolute Gasteiger partial charge is 0.0719 e. The van der Waals surface area contributed by atoms with Gasteiger partial charge in [-0.1, -0.05) is 30.9 Å². The van der Waals surface area contributed by atoms with Crippen molar-refractivity contribution in [3.05, 3.63) is 41.6 Å². The molecule has 25 heavy (non-hydrogen) atoms. The van der Waals surface area contributed by atoms with Crippen LogP contribution in [0.5, 0.6) is 0 Å². The summed E-state index contributed by atoms with van der Waals surface area (Å²) in [5, 5.41) is 9.34. The number of benzene rings is 1. The van der Waals surface area contributed by atoms with E-state index in [0.717, 1.165) is 16.7 Å². The number of pyridine rings is 1. The monoisotopic (exact) mass is 353 g/mol. The van der Waals surface area contributed by atoms with Gasteiger partial charge in [0.2, 0.25) is 0 Å². The molecular weight excluding hydrogens is 326 g/mol. The van der Waals surface area contributed by atoms with Crippen molar-refractivity contribution >= 4 is 34.1 Å². The topological polar surface area (TPSA) is 48.8 Å². The Morgan fingerprint density at radius 2 is 1.92 bits per heavy atom. The number of nitrogens with zero attached hydrogens (tertiary/aromatic N) is 1. The van der Waals surface area contributed by atoms with Crippen molar-refractivity contribution < 1.29 is 0 Å². The highest BCUT2D eigenvalue weighted by molar-refractivity contribution is 7.97. The SMILES string of the molecule is CC(=N)C(=C(C)C)c1cc(SNC2CCCCC2)c2cccnc2c1. The first-order chi connectivity index (χ1) is 12.1. The van der Waals surface area contributed by atoms with Crippen LogP contribution in [-0.2, 0) is 0 Å². The van der Waals surface area contributed by atoms with Crippen molar-refractivity contribution in [1.29, 1.82) is 5.41 Å². The normalized spacial score (nSPS) is 15.3. The van der Waals surface area contributed by atoms with Gasteiger partial charge in [0, 0.05) is 33.8 Å². The van der Waals surface area contributed by atoms with Crippen molar-refractivity contribution in [2.45, 2.75) is 63.8 Å². The van der Waals surface area contributed by atoms with Crippen molar-refractivity contribution in [3.8, 4) is 0 Å². The molecule has 1 aliphatic rings. The molecule has 1 aromatic heterocycles. The molecule has 0 radical (unpaired) electrons. The highest BCUT2D eigenvalue weighted by Crippen LogP contribution is 2.32. The second-order valence-electron chi connectivity index (χ2n) is 7.10. The summed E-state index contributed by atoms with van der Waals surface area (Å²) in [5.41, 5.74) is 4.87. The molecule has 3 rings (SSSR count). The van der Waals surface area contributed by atoms with E-state index < -0.39 is 0 Å². The van der Waals surface area contributed by atoms with E-state index in [0.29, 0.717) is 11.8 Å². The lowest BCUT2D eigenvalue weighted by Gasteiger charge is -2.22. The van der Waals surface area contributed by atoms with E-state index in [9.17, 15) is 0 Å². The molecule has 4 heteroatoms. The highest BCUT2D eigenvalue weighted by Gasteiger charge is 2.15. The third-order valence-electron chi connectivity index (χ3n) is 4.79. The Hall–Kier alpha value is -1.65. The quantitative estimate of drug-likeness (QED) is 0.512. The molecule has 0 bridgehead atoms. The maximum atomic E-state index is 8.16. The second-order valence-corrected chi connectivity index (χ2v) is 7.98. The highest BCUT2D eigenvalue weighted by atomic mass is 32.2. The fourth-order valence-electron chi connectivity index (χ4n) is 3.63. The van der Waals surface area contributed by atoms with Gasteiger partial charge in [-0.25, -0.2) is 0 Å². The largest absolute Gasteiger partial charge is 0.305 e. The summed E-state index contributed by atoms with van der Waals surface area (Å²) >= 11 is 1.73. The van der Waals surface area contributed by atoms with E-state index in [1.807, 2.05) is 19.2 Å². The Kier molecular flexibility index (Phi) is 5.92. The zero-order valence-electron chi connectivity index (χ0n) is 15.4. The minimum Gasteiger partial charge on any atom is -0.305 e. The van der Waals surface area contributed by atoms with Gasteiger partial charge in [-0.2, -0.15) is 0 Å². The first kappa shape index (κ1) is 18.2. The number of nitrogens with one attached hydrogen (secondary N) is 2. The van der Waals surface area contributed by atoms with Crippen LogP contribution in [-0.4, -0.2) is 16.7 Å². The molecule has 1 heterocycles. The second kappa shape index (κ2) is 8.15. The van der Waals surface area contributed by atoms with E-state index in [1.54, 1.807) is 11.9 Å². The Morgan fingerprint density at radius 3 is 2.60 bits per heavy atom. The van der Waals surface area contributed by atoms with Crippen LogP contribution < -0.4 is 4.72 Å². The van der Waals surface area contributed by atoms with Crippen LogP contribution in [0.2, 0.25) is 0 Å². The van der Waals surface area contributed by atoms with Gasteiger partial charge in [-0.05, 0) is 69.3 Å². The lowest BCUT2D eigenvalue weighted by atomic mass is 9.96. The Bertz CT molecular complexity index is 800. The summed E-state index contributed by atoms with van der Waals surface area (Å²) in [4.78, 5) is 5.76. The summed E-state index contributed by atoms with van der Waals surface area (Å²) < 4.78 is 3.67. The molecule has 2 N–H and O–H groups in total. The van der Waals surface area contributed by atoms with E-state index in [2.05, 4.69) is 41.8 Å². The molecule has 0 saturated heterocycles. The van der Waals surface area contributed by atoms with Gasteiger partial charge in [-0.15, -0.1) is 0 Å². The lowest BCUT2D eigenvalue weighted by Crippen LogP contribution is -2.25. The Labute approximate surface area is 155 Å². The van der Waals surface area contributed by atoms with E-state index >= 15 is 0 Å². The zero-order valence-corrected chi connectivity index (χ0v) is 16.2. The summed E-state index contributed by atoms with van der Waals surface area (Å²) in [5.74, 6) is 0. The number of hydrogen-bond donors (Lipinski definition) is 2. The van der Waals surface area contributed by atoms with Gasteiger partial charge in [-0.3, -0.25) is 9.71 Å². The first-order valence-corrected chi connectivity index (χ1v) is 9.92. The summed E-state index contributed by atoms with van der Waals surface area (Å²) in [6.45, 7) is 6.00. The predicted molar refractivity (Wildman–Crippen MR) is 109 cm³/mol. The summed E-state index contributed by atoms with van der Waals surface area (Å²) in [6.07, 6.45) is 8.40. The van der Waals surface area contributed by atoms with Crippen LogP contribution in [0.15, 0.2) is 40.9 Å². The van der Waals surface area contributed by atoms with Crippen LogP contribution in [0.25, 0.3) is 16.5 Å². The number of fused-ring (bicyclic) bond motifs is 1. The molecule has 0 amide bonds. The number of allylic oxidation sites excluding steroid dienone is 2. The van der Waals surface area contributed by atoms with Crippen LogP contribution in [0.1, 0.15) is 58.4 Å². The Morgan fingerprint density at radius 1 is 1.16 bits per heavy atom. The van der Waals surface area contributed by atoms with Crippen molar-refractivity contribution in [2.24, 2.45) is 0 Å². The molecule has 2 aromatic rings. The van der Waals surface area contributed by atoms with Crippen molar-refractivity contribution in [3.63, 3.8) is 0 Å². The van der Waals surface area contributed by atoms with Crippen LogP contribution in [0.4, 0.5) is 0 Å².